The van der Waals surface area contributed by atoms with E-state index < -0.39 is 0 Å². The summed E-state index contributed by atoms with van der Waals surface area (Å²) in [6.45, 7) is 2.11. The van der Waals surface area contributed by atoms with E-state index in [2.05, 4.69) is 35.1 Å². The van der Waals surface area contributed by atoms with Gasteiger partial charge in [-0.25, -0.2) is 9.97 Å². The molecule has 0 fully saturated rings. The molecule has 106 valence electrons. The van der Waals surface area contributed by atoms with Gasteiger partial charge in [0.25, 0.3) is 0 Å². The molecule has 0 atom stereocenters. The SMILES string of the molecule is Cc1ccc2c(c1)CC(c1cnc(-c3ccccc3)nc1)=N2. The summed E-state index contributed by atoms with van der Waals surface area (Å²) in [6.07, 6.45) is 4.59. The van der Waals surface area contributed by atoms with Gasteiger partial charge in [0.2, 0.25) is 0 Å². The summed E-state index contributed by atoms with van der Waals surface area (Å²) < 4.78 is 0. The lowest BCUT2D eigenvalue weighted by Crippen LogP contribution is -2.02. The Morgan fingerprint density at radius 3 is 2.41 bits per heavy atom. The number of benzene rings is 2. The van der Waals surface area contributed by atoms with Gasteiger partial charge in [-0.05, 0) is 18.6 Å². The number of hydrogen-bond donors (Lipinski definition) is 0. The van der Waals surface area contributed by atoms with E-state index in [0.717, 1.165) is 34.8 Å². The molecule has 3 nitrogen and oxygen atoms in total. The molecule has 0 saturated heterocycles. The molecule has 4 rings (SSSR count). The van der Waals surface area contributed by atoms with Crippen LogP contribution in [-0.2, 0) is 6.42 Å². The Morgan fingerprint density at radius 2 is 1.64 bits per heavy atom. The van der Waals surface area contributed by atoms with Crippen LogP contribution in [0.2, 0.25) is 0 Å². The number of aromatic nitrogens is 2. The van der Waals surface area contributed by atoms with Crippen molar-refractivity contribution in [2.75, 3.05) is 0 Å². The van der Waals surface area contributed by atoms with Crippen molar-refractivity contribution < 1.29 is 0 Å². The number of nitrogens with zero attached hydrogens (tertiary/aromatic N) is 3. The van der Waals surface area contributed by atoms with Crippen LogP contribution in [0.3, 0.4) is 0 Å². The average molecular weight is 285 g/mol. The summed E-state index contributed by atoms with van der Waals surface area (Å²) in [6, 6.07) is 16.4. The van der Waals surface area contributed by atoms with E-state index in [4.69, 9.17) is 4.99 Å². The highest BCUT2D eigenvalue weighted by Gasteiger charge is 2.16. The normalized spacial score (nSPS) is 12.9. The van der Waals surface area contributed by atoms with E-state index in [-0.39, 0.29) is 0 Å². The van der Waals surface area contributed by atoms with E-state index in [1.54, 1.807) is 0 Å². The van der Waals surface area contributed by atoms with Crippen molar-refractivity contribution in [2.24, 2.45) is 4.99 Å². The van der Waals surface area contributed by atoms with Crippen LogP contribution in [0.1, 0.15) is 16.7 Å². The maximum atomic E-state index is 4.70. The van der Waals surface area contributed by atoms with Crippen molar-refractivity contribution in [2.45, 2.75) is 13.3 Å². The average Bonchev–Trinajstić information content (AvgIpc) is 2.99. The van der Waals surface area contributed by atoms with Crippen LogP contribution in [0, 0.1) is 6.92 Å². The molecule has 3 aromatic rings. The third-order valence-electron chi connectivity index (χ3n) is 3.87. The van der Waals surface area contributed by atoms with Crippen LogP contribution in [-0.4, -0.2) is 15.7 Å². The molecule has 0 aliphatic carbocycles. The van der Waals surface area contributed by atoms with Crippen LogP contribution in [0.5, 0.6) is 0 Å². The van der Waals surface area contributed by atoms with E-state index in [0.29, 0.717) is 0 Å². The molecule has 0 bridgehead atoms. The Hall–Kier alpha value is -2.81. The molecule has 2 heterocycles. The second-order valence-corrected chi connectivity index (χ2v) is 5.53. The predicted octanol–water partition coefficient (Wildman–Crippen LogP) is 4.13. The second kappa shape index (κ2) is 5.19. The zero-order chi connectivity index (χ0) is 14.9. The van der Waals surface area contributed by atoms with Crippen molar-refractivity contribution in [1.29, 1.82) is 0 Å². The lowest BCUT2D eigenvalue weighted by atomic mass is 10.0. The lowest BCUT2D eigenvalue weighted by molar-refractivity contribution is 1.16. The third-order valence-corrected chi connectivity index (χ3v) is 3.87. The van der Waals surface area contributed by atoms with Crippen molar-refractivity contribution in [3.8, 4) is 11.4 Å². The first kappa shape index (κ1) is 12.9. The first-order valence-electron chi connectivity index (χ1n) is 7.34. The van der Waals surface area contributed by atoms with Gasteiger partial charge in [-0.2, -0.15) is 0 Å². The molecule has 0 amide bonds. The molecular formula is C19H15N3. The Kier molecular flexibility index (Phi) is 3.04. The highest BCUT2D eigenvalue weighted by atomic mass is 14.9. The highest BCUT2D eigenvalue weighted by molar-refractivity contribution is 6.06. The van der Waals surface area contributed by atoms with Crippen molar-refractivity contribution in [1.82, 2.24) is 9.97 Å². The molecule has 0 spiro atoms. The van der Waals surface area contributed by atoms with Gasteiger partial charge in [-0.15, -0.1) is 0 Å². The first-order chi connectivity index (χ1) is 10.8. The van der Waals surface area contributed by atoms with Crippen molar-refractivity contribution in [3.63, 3.8) is 0 Å². The lowest BCUT2D eigenvalue weighted by Gasteiger charge is -2.02. The molecule has 1 aliphatic rings. The summed E-state index contributed by atoms with van der Waals surface area (Å²) in [5.41, 5.74) is 6.68. The fourth-order valence-electron chi connectivity index (χ4n) is 2.71. The largest absolute Gasteiger partial charge is 0.252 e. The van der Waals surface area contributed by atoms with Gasteiger partial charge in [-0.3, -0.25) is 4.99 Å². The van der Waals surface area contributed by atoms with Crippen LogP contribution in [0.4, 0.5) is 5.69 Å². The minimum Gasteiger partial charge on any atom is -0.252 e. The summed E-state index contributed by atoms with van der Waals surface area (Å²) in [5.74, 6) is 0.747. The Balaban J connectivity index is 1.63. The van der Waals surface area contributed by atoms with Gasteiger partial charge in [0.1, 0.15) is 0 Å². The van der Waals surface area contributed by atoms with E-state index in [1.807, 2.05) is 42.7 Å². The highest BCUT2D eigenvalue weighted by Crippen LogP contribution is 2.29. The monoisotopic (exact) mass is 285 g/mol. The first-order valence-corrected chi connectivity index (χ1v) is 7.34. The Labute approximate surface area is 129 Å². The fourth-order valence-corrected chi connectivity index (χ4v) is 2.71. The van der Waals surface area contributed by atoms with Gasteiger partial charge in [-0.1, -0.05) is 48.0 Å². The van der Waals surface area contributed by atoms with Crippen LogP contribution in [0.15, 0.2) is 65.9 Å². The molecule has 2 aromatic carbocycles. The van der Waals surface area contributed by atoms with Gasteiger partial charge in [0.05, 0.1) is 11.4 Å². The smallest absolute Gasteiger partial charge is 0.159 e. The topological polar surface area (TPSA) is 38.1 Å². The zero-order valence-electron chi connectivity index (χ0n) is 12.3. The summed E-state index contributed by atoms with van der Waals surface area (Å²) in [5, 5.41) is 0. The van der Waals surface area contributed by atoms with Crippen molar-refractivity contribution >= 4 is 11.4 Å². The Bertz CT molecular complexity index is 850. The number of aliphatic imine (C=N–C) groups is 1. The molecule has 1 aromatic heterocycles. The molecule has 0 saturated carbocycles. The molecular weight excluding hydrogens is 270 g/mol. The quantitative estimate of drug-likeness (QED) is 0.710. The van der Waals surface area contributed by atoms with Gasteiger partial charge < -0.3 is 0 Å². The van der Waals surface area contributed by atoms with Crippen LogP contribution < -0.4 is 0 Å². The van der Waals surface area contributed by atoms with Crippen LogP contribution in [0.25, 0.3) is 11.4 Å². The fraction of sp³-hybridized carbons (Fsp3) is 0.105. The minimum atomic E-state index is 0.747. The third kappa shape index (κ3) is 2.31. The number of hydrogen-bond acceptors (Lipinski definition) is 3. The molecule has 0 unspecified atom stereocenters. The molecule has 0 N–H and O–H groups in total. The Morgan fingerprint density at radius 1 is 0.864 bits per heavy atom. The number of aryl methyl sites for hydroxylation is 1. The number of rotatable bonds is 2. The molecule has 1 aliphatic heterocycles. The van der Waals surface area contributed by atoms with E-state index >= 15 is 0 Å². The minimum absolute atomic E-state index is 0.747. The van der Waals surface area contributed by atoms with E-state index in [9.17, 15) is 0 Å². The maximum Gasteiger partial charge on any atom is 0.159 e. The van der Waals surface area contributed by atoms with Crippen molar-refractivity contribution in [3.05, 3.63) is 77.6 Å². The number of fused-ring (bicyclic) bond motifs is 1. The van der Waals surface area contributed by atoms with Gasteiger partial charge in [0.15, 0.2) is 5.82 Å². The van der Waals surface area contributed by atoms with Gasteiger partial charge >= 0.3 is 0 Å². The van der Waals surface area contributed by atoms with E-state index in [1.165, 1.54) is 11.1 Å². The summed E-state index contributed by atoms with van der Waals surface area (Å²) in [4.78, 5) is 13.7. The molecule has 3 heteroatoms. The predicted molar refractivity (Wildman–Crippen MR) is 88.5 cm³/mol. The molecule has 0 radical (unpaired) electrons. The second-order valence-electron chi connectivity index (χ2n) is 5.53. The standard InChI is InChI=1S/C19H15N3/c1-13-7-8-17-15(9-13)10-18(22-17)16-11-20-19(21-12-16)14-5-3-2-4-6-14/h2-9,11-12H,10H2,1H3. The van der Waals surface area contributed by atoms with Gasteiger partial charge in [0, 0.05) is 29.9 Å². The maximum absolute atomic E-state index is 4.70. The van der Waals surface area contributed by atoms with Crippen LogP contribution >= 0.6 is 0 Å². The molecule has 22 heavy (non-hydrogen) atoms. The zero-order valence-corrected chi connectivity index (χ0v) is 12.3. The summed E-state index contributed by atoms with van der Waals surface area (Å²) >= 11 is 0. The summed E-state index contributed by atoms with van der Waals surface area (Å²) in [7, 11) is 0.